The lowest BCUT2D eigenvalue weighted by Crippen LogP contribution is -2.00. The lowest BCUT2D eigenvalue weighted by molar-refractivity contribution is 0.151. The average molecular weight is 284 g/mol. The summed E-state index contributed by atoms with van der Waals surface area (Å²) in [6.07, 6.45) is -3.32. The van der Waals surface area contributed by atoms with Crippen LogP contribution in [0.1, 0.15) is 29.2 Å². The van der Waals surface area contributed by atoms with Crippen molar-refractivity contribution < 1.29 is 13.9 Å². The summed E-state index contributed by atoms with van der Waals surface area (Å²) in [7, 11) is 0. The van der Waals surface area contributed by atoms with Crippen LogP contribution in [0.25, 0.3) is 10.8 Å². The van der Waals surface area contributed by atoms with Crippen molar-refractivity contribution in [3.05, 3.63) is 83.4 Å². The van der Waals surface area contributed by atoms with Crippen molar-refractivity contribution in [2.75, 3.05) is 0 Å². The Morgan fingerprint density at radius 3 is 2.05 bits per heavy atom. The van der Waals surface area contributed by atoms with Gasteiger partial charge in [-0.25, -0.2) is 8.78 Å². The maximum absolute atomic E-state index is 12.6. The van der Waals surface area contributed by atoms with Gasteiger partial charge >= 0.3 is 0 Å². The van der Waals surface area contributed by atoms with Crippen LogP contribution < -0.4 is 0 Å². The summed E-state index contributed by atoms with van der Waals surface area (Å²) < 4.78 is 25.1. The standard InChI is InChI=1S/C18H14F2O/c19-18(20)14-10-8-13(9-11-14)17(21)16-7-3-5-12-4-1-2-6-15(12)16/h1-11,17-18,21H. The number of fused-ring (bicyclic) bond motifs is 1. The fraction of sp³-hybridized carbons (Fsp3) is 0.111. The van der Waals surface area contributed by atoms with E-state index in [1.807, 2.05) is 42.5 Å². The number of benzene rings is 3. The quantitative estimate of drug-likeness (QED) is 0.728. The van der Waals surface area contributed by atoms with Crippen molar-refractivity contribution in [3.63, 3.8) is 0 Å². The zero-order valence-electron chi connectivity index (χ0n) is 11.2. The van der Waals surface area contributed by atoms with Gasteiger partial charge in [0.05, 0.1) is 0 Å². The van der Waals surface area contributed by atoms with Crippen LogP contribution in [-0.2, 0) is 0 Å². The maximum Gasteiger partial charge on any atom is 0.263 e. The van der Waals surface area contributed by atoms with E-state index in [-0.39, 0.29) is 5.56 Å². The van der Waals surface area contributed by atoms with E-state index in [0.29, 0.717) is 5.56 Å². The number of hydrogen-bond donors (Lipinski definition) is 1. The minimum atomic E-state index is -2.49. The summed E-state index contributed by atoms with van der Waals surface area (Å²) in [4.78, 5) is 0. The zero-order valence-corrected chi connectivity index (χ0v) is 11.2. The molecule has 0 fully saturated rings. The van der Waals surface area contributed by atoms with E-state index in [0.717, 1.165) is 16.3 Å². The third kappa shape index (κ3) is 2.65. The highest BCUT2D eigenvalue weighted by Crippen LogP contribution is 2.30. The average Bonchev–Trinajstić information content (AvgIpc) is 2.53. The van der Waals surface area contributed by atoms with Crippen molar-refractivity contribution in [2.24, 2.45) is 0 Å². The number of hydrogen-bond acceptors (Lipinski definition) is 1. The van der Waals surface area contributed by atoms with E-state index in [2.05, 4.69) is 0 Å². The number of aliphatic hydroxyl groups is 1. The van der Waals surface area contributed by atoms with Gasteiger partial charge in [0, 0.05) is 5.56 Å². The van der Waals surface area contributed by atoms with Crippen molar-refractivity contribution in [1.29, 1.82) is 0 Å². The molecular weight excluding hydrogens is 270 g/mol. The zero-order chi connectivity index (χ0) is 14.8. The largest absolute Gasteiger partial charge is 0.384 e. The monoisotopic (exact) mass is 284 g/mol. The van der Waals surface area contributed by atoms with Crippen LogP contribution in [0.2, 0.25) is 0 Å². The SMILES string of the molecule is OC(c1ccc(C(F)F)cc1)c1cccc2ccccc12. The minimum absolute atomic E-state index is 0.0381. The summed E-state index contributed by atoms with van der Waals surface area (Å²) in [5.41, 5.74) is 1.34. The van der Waals surface area contributed by atoms with E-state index < -0.39 is 12.5 Å². The first-order valence-corrected chi connectivity index (χ1v) is 6.70. The second-order valence-corrected chi connectivity index (χ2v) is 4.94. The van der Waals surface area contributed by atoms with Gasteiger partial charge in [0.1, 0.15) is 6.10 Å². The molecule has 0 aromatic heterocycles. The van der Waals surface area contributed by atoms with Gasteiger partial charge in [-0.1, -0.05) is 66.7 Å². The van der Waals surface area contributed by atoms with E-state index in [1.54, 1.807) is 12.1 Å². The Morgan fingerprint density at radius 1 is 0.714 bits per heavy atom. The molecule has 0 amide bonds. The van der Waals surface area contributed by atoms with Crippen molar-refractivity contribution in [1.82, 2.24) is 0 Å². The Labute approximate surface area is 121 Å². The first-order valence-electron chi connectivity index (χ1n) is 6.70. The first kappa shape index (κ1) is 13.7. The van der Waals surface area contributed by atoms with Gasteiger partial charge in [0.25, 0.3) is 6.43 Å². The molecule has 0 aliphatic rings. The van der Waals surface area contributed by atoms with Crippen molar-refractivity contribution >= 4 is 10.8 Å². The Kier molecular flexibility index (Phi) is 3.67. The highest BCUT2D eigenvalue weighted by molar-refractivity contribution is 5.86. The summed E-state index contributed by atoms with van der Waals surface area (Å²) in [5.74, 6) is 0. The summed E-state index contributed by atoms with van der Waals surface area (Å²) >= 11 is 0. The summed E-state index contributed by atoms with van der Waals surface area (Å²) in [6, 6.07) is 19.3. The fourth-order valence-electron chi connectivity index (χ4n) is 2.49. The molecule has 0 aliphatic carbocycles. The summed E-state index contributed by atoms with van der Waals surface area (Å²) in [6.45, 7) is 0. The topological polar surface area (TPSA) is 20.2 Å². The molecule has 0 saturated carbocycles. The van der Waals surface area contributed by atoms with Crippen LogP contribution >= 0.6 is 0 Å². The van der Waals surface area contributed by atoms with Gasteiger partial charge in [-0.15, -0.1) is 0 Å². The van der Waals surface area contributed by atoms with Gasteiger partial charge in [0.2, 0.25) is 0 Å². The van der Waals surface area contributed by atoms with Gasteiger partial charge < -0.3 is 5.11 Å². The predicted octanol–water partition coefficient (Wildman–Crippen LogP) is 4.86. The minimum Gasteiger partial charge on any atom is -0.384 e. The Morgan fingerprint density at radius 2 is 1.33 bits per heavy atom. The molecule has 3 rings (SSSR count). The Hall–Kier alpha value is -2.26. The fourth-order valence-corrected chi connectivity index (χ4v) is 2.49. The molecule has 0 radical (unpaired) electrons. The number of halogens is 2. The smallest absolute Gasteiger partial charge is 0.263 e. The maximum atomic E-state index is 12.6. The molecule has 1 nitrogen and oxygen atoms in total. The van der Waals surface area contributed by atoms with Crippen LogP contribution in [0.3, 0.4) is 0 Å². The van der Waals surface area contributed by atoms with Crippen LogP contribution in [0.5, 0.6) is 0 Å². The lowest BCUT2D eigenvalue weighted by Gasteiger charge is -2.14. The van der Waals surface area contributed by atoms with Gasteiger partial charge in [-0.05, 0) is 21.9 Å². The number of aliphatic hydroxyl groups excluding tert-OH is 1. The predicted molar refractivity (Wildman–Crippen MR) is 79.4 cm³/mol. The Bertz CT molecular complexity index is 745. The number of alkyl halides is 2. The second-order valence-electron chi connectivity index (χ2n) is 4.94. The van der Waals surface area contributed by atoms with Crippen molar-refractivity contribution in [2.45, 2.75) is 12.5 Å². The highest BCUT2D eigenvalue weighted by Gasteiger charge is 2.14. The van der Waals surface area contributed by atoms with E-state index in [4.69, 9.17) is 0 Å². The molecule has 106 valence electrons. The third-order valence-corrected chi connectivity index (χ3v) is 3.62. The van der Waals surface area contributed by atoms with Crippen LogP contribution in [-0.4, -0.2) is 5.11 Å². The molecule has 3 heteroatoms. The Balaban J connectivity index is 2.02. The van der Waals surface area contributed by atoms with E-state index in [1.165, 1.54) is 12.1 Å². The van der Waals surface area contributed by atoms with Gasteiger partial charge in [-0.3, -0.25) is 0 Å². The molecule has 3 aromatic rings. The first-order chi connectivity index (χ1) is 10.2. The molecule has 3 aromatic carbocycles. The van der Waals surface area contributed by atoms with Crippen LogP contribution in [0.15, 0.2) is 66.7 Å². The molecule has 0 spiro atoms. The highest BCUT2D eigenvalue weighted by atomic mass is 19.3. The molecule has 1 atom stereocenters. The summed E-state index contributed by atoms with van der Waals surface area (Å²) in [5, 5.41) is 12.5. The van der Waals surface area contributed by atoms with E-state index in [9.17, 15) is 13.9 Å². The van der Waals surface area contributed by atoms with Crippen LogP contribution in [0.4, 0.5) is 8.78 Å². The van der Waals surface area contributed by atoms with Crippen molar-refractivity contribution in [3.8, 4) is 0 Å². The molecule has 0 aliphatic heterocycles. The molecule has 0 bridgehead atoms. The third-order valence-electron chi connectivity index (χ3n) is 3.62. The molecule has 21 heavy (non-hydrogen) atoms. The lowest BCUT2D eigenvalue weighted by atomic mass is 9.95. The molecule has 1 unspecified atom stereocenters. The normalized spacial score (nSPS) is 12.8. The molecular formula is C18H14F2O. The molecule has 1 N–H and O–H groups in total. The number of rotatable bonds is 3. The van der Waals surface area contributed by atoms with Crippen LogP contribution in [0, 0.1) is 0 Å². The van der Waals surface area contributed by atoms with Gasteiger partial charge in [-0.2, -0.15) is 0 Å². The van der Waals surface area contributed by atoms with E-state index >= 15 is 0 Å². The molecule has 0 saturated heterocycles. The second kappa shape index (κ2) is 5.62. The molecule has 0 heterocycles. The van der Waals surface area contributed by atoms with Gasteiger partial charge in [0.15, 0.2) is 0 Å².